The van der Waals surface area contributed by atoms with Gasteiger partial charge in [-0.1, -0.05) is 47.5 Å². The Labute approximate surface area is 270 Å². The van der Waals surface area contributed by atoms with Crippen LogP contribution in [0, 0.1) is 0 Å². The van der Waals surface area contributed by atoms with Gasteiger partial charge in [0.25, 0.3) is 5.91 Å². The third kappa shape index (κ3) is 8.40. The number of carbonyl (C=O) groups is 2. The number of halogens is 2. The maximum Gasteiger partial charge on any atom is 0.338 e. The Bertz CT molecular complexity index is 1610. The summed E-state index contributed by atoms with van der Waals surface area (Å²) in [6.45, 7) is 3.63. The summed E-state index contributed by atoms with van der Waals surface area (Å²) in [5, 5.41) is 11.3. The quantitative estimate of drug-likeness (QED) is 0.101. The molecule has 0 saturated heterocycles. The van der Waals surface area contributed by atoms with Crippen LogP contribution in [0.4, 0.5) is 0 Å². The van der Waals surface area contributed by atoms with E-state index in [9.17, 15) is 9.59 Å². The van der Waals surface area contributed by atoms with Crippen molar-refractivity contribution in [3.63, 3.8) is 0 Å². The summed E-state index contributed by atoms with van der Waals surface area (Å²) >= 11 is 17.4. The molecule has 10 nitrogen and oxygen atoms in total. The van der Waals surface area contributed by atoms with E-state index in [0.29, 0.717) is 54.8 Å². The SMILES string of the molecule is CCOC(=O)C1=C(C)NC(=S)N[C@@H]1c1ccccc1OCC(=O)NN=Cc1ccc(OCc2ccc(Cl)c(Cl)c2)c(OC)c1. The number of para-hydroxylation sites is 1. The zero-order valence-corrected chi connectivity index (χ0v) is 26.4. The number of nitrogens with one attached hydrogen (secondary N) is 3. The summed E-state index contributed by atoms with van der Waals surface area (Å²) in [6, 6.07) is 16.9. The van der Waals surface area contributed by atoms with Crippen LogP contribution in [0.15, 0.2) is 77.0 Å². The number of ether oxygens (including phenoxy) is 4. The molecule has 1 aliphatic heterocycles. The van der Waals surface area contributed by atoms with Gasteiger partial charge in [-0.15, -0.1) is 0 Å². The first kappa shape index (κ1) is 32.6. The minimum atomic E-state index is -0.633. The van der Waals surface area contributed by atoms with Crippen molar-refractivity contribution in [2.75, 3.05) is 20.3 Å². The number of nitrogens with zero attached hydrogens (tertiary/aromatic N) is 1. The smallest absolute Gasteiger partial charge is 0.338 e. The van der Waals surface area contributed by atoms with Crippen molar-refractivity contribution in [3.05, 3.63) is 98.7 Å². The van der Waals surface area contributed by atoms with Crippen LogP contribution in [-0.4, -0.2) is 43.5 Å². The summed E-state index contributed by atoms with van der Waals surface area (Å²) in [4.78, 5) is 25.3. The van der Waals surface area contributed by atoms with E-state index in [1.54, 1.807) is 68.4 Å². The van der Waals surface area contributed by atoms with Gasteiger partial charge in [0.15, 0.2) is 23.2 Å². The van der Waals surface area contributed by atoms with Gasteiger partial charge in [-0.2, -0.15) is 5.10 Å². The van der Waals surface area contributed by atoms with Crippen molar-refractivity contribution < 1.29 is 28.5 Å². The van der Waals surface area contributed by atoms with Crippen LogP contribution in [0.5, 0.6) is 17.2 Å². The van der Waals surface area contributed by atoms with Crippen LogP contribution in [0.25, 0.3) is 0 Å². The van der Waals surface area contributed by atoms with Gasteiger partial charge in [0.05, 0.1) is 41.6 Å². The molecule has 0 spiro atoms. The number of allylic oxidation sites excluding steroid dienone is 1. The molecule has 4 rings (SSSR count). The zero-order valence-electron chi connectivity index (χ0n) is 24.1. The van der Waals surface area contributed by atoms with E-state index in [1.165, 1.54) is 13.3 Å². The van der Waals surface area contributed by atoms with Gasteiger partial charge in [0, 0.05) is 11.3 Å². The number of thiocarbonyl (C=S) groups is 1. The largest absolute Gasteiger partial charge is 0.493 e. The number of hydrazone groups is 1. The van der Waals surface area contributed by atoms with E-state index in [0.717, 1.165) is 5.56 Å². The number of methoxy groups -OCH3 is 1. The highest BCUT2D eigenvalue weighted by Crippen LogP contribution is 2.34. The second kappa shape index (κ2) is 15.4. The standard InChI is InChI=1S/C31H30Cl2N4O6S/c1-4-41-30(39)28-18(2)35-31(44)36-29(28)21-7-5-6-8-24(21)43-17-27(38)37-34-15-19-10-12-25(26(14-19)40-3)42-16-20-9-11-22(32)23(33)13-20/h5-15,29H,4,16-17H2,1-3H3,(H,37,38)(H2,35,36,44)/t29-/m1/s1. The van der Waals surface area contributed by atoms with Gasteiger partial charge in [-0.25, -0.2) is 10.2 Å². The van der Waals surface area contributed by atoms with E-state index >= 15 is 0 Å². The molecule has 13 heteroatoms. The molecule has 0 bridgehead atoms. The van der Waals surface area contributed by atoms with Crippen LogP contribution >= 0.6 is 35.4 Å². The van der Waals surface area contributed by atoms with Crippen molar-refractivity contribution in [3.8, 4) is 17.2 Å². The predicted octanol–water partition coefficient (Wildman–Crippen LogP) is 5.47. The second-order valence-electron chi connectivity index (χ2n) is 9.36. The molecule has 44 heavy (non-hydrogen) atoms. The van der Waals surface area contributed by atoms with Gasteiger partial charge >= 0.3 is 5.97 Å². The minimum absolute atomic E-state index is 0.219. The molecule has 1 atom stereocenters. The number of hydrogen-bond acceptors (Lipinski definition) is 8. The van der Waals surface area contributed by atoms with Gasteiger partial charge < -0.3 is 29.6 Å². The van der Waals surface area contributed by atoms with E-state index in [-0.39, 0.29) is 19.8 Å². The molecule has 3 aromatic carbocycles. The lowest BCUT2D eigenvalue weighted by atomic mass is 9.95. The minimum Gasteiger partial charge on any atom is -0.493 e. The molecule has 1 amide bonds. The molecule has 0 radical (unpaired) electrons. The van der Waals surface area contributed by atoms with E-state index in [2.05, 4.69) is 21.2 Å². The number of hydrogen-bond donors (Lipinski definition) is 3. The highest BCUT2D eigenvalue weighted by atomic mass is 35.5. The van der Waals surface area contributed by atoms with Crippen molar-refractivity contribution in [2.45, 2.75) is 26.5 Å². The average Bonchev–Trinajstić information content (AvgIpc) is 3.00. The lowest BCUT2D eigenvalue weighted by Gasteiger charge is -2.30. The van der Waals surface area contributed by atoms with Crippen LogP contribution < -0.4 is 30.3 Å². The van der Waals surface area contributed by atoms with Crippen molar-refractivity contribution in [2.24, 2.45) is 5.10 Å². The molecular formula is C31H30Cl2N4O6S. The first-order chi connectivity index (χ1) is 21.2. The van der Waals surface area contributed by atoms with E-state index in [4.69, 9.17) is 54.4 Å². The van der Waals surface area contributed by atoms with Gasteiger partial charge in [0.1, 0.15) is 12.4 Å². The topological polar surface area (TPSA) is 120 Å². The summed E-state index contributed by atoms with van der Waals surface area (Å²) in [5.41, 5.74) is 5.51. The highest BCUT2D eigenvalue weighted by Gasteiger charge is 2.32. The Morgan fingerprint density at radius 1 is 1.02 bits per heavy atom. The highest BCUT2D eigenvalue weighted by molar-refractivity contribution is 7.80. The molecule has 1 heterocycles. The molecule has 3 aromatic rings. The Balaban J connectivity index is 1.37. The zero-order chi connectivity index (χ0) is 31.6. The Morgan fingerprint density at radius 3 is 2.57 bits per heavy atom. The average molecular weight is 658 g/mol. The number of carbonyl (C=O) groups excluding carboxylic acids is 2. The molecule has 0 saturated carbocycles. The Hall–Kier alpha value is -4.32. The van der Waals surface area contributed by atoms with E-state index < -0.39 is 17.9 Å². The fraction of sp³-hybridized carbons (Fsp3) is 0.226. The van der Waals surface area contributed by atoms with Crippen LogP contribution in [0.2, 0.25) is 10.0 Å². The molecular weight excluding hydrogens is 627 g/mol. The van der Waals surface area contributed by atoms with Crippen LogP contribution in [-0.2, 0) is 20.9 Å². The third-order valence-electron chi connectivity index (χ3n) is 6.32. The van der Waals surface area contributed by atoms with Crippen LogP contribution in [0.3, 0.4) is 0 Å². The summed E-state index contributed by atoms with van der Waals surface area (Å²) in [6.07, 6.45) is 1.47. The Morgan fingerprint density at radius 2 is 1.82 bits per heavy atom. The molecule has 1 aliphatic rings. The lowest BCUT2D eigenvalue weighted by Crippen LogP contribution is -2.45. The number of rotatable bonds is 12. The number of esters is 1. The molecule has 0 aliphatic carbocycles. The summed E-state index contributed by atoms with van der Waals surface area (Å²) in [5.74, 6) is 0.423. The van der Waals surface area contributed by atoms with Crippen molar-refractivity contribution >= 4 is 58.6 Å². The van der Waals surface area contributed by atoms with E-state index in [1.807, 2.05) is 6.07 Å². The fourth-order valence-electron chi connectivity index (χ4n) is 4.29. The molecule has 0 aromatic heterocycles. The predicted molar refractivity (Wildman–Crippen MR) is 172 cm³/mol. The molecule has 230 valence electrons. The summed E-state index contributed by atoms with van der Waals surface area (Å²) < 4.78 is 22.4. The normalized spacial score (nSPS) is 14.5. The maximum absolute atomic E-state index is 12.7. The number of benzene rings is 3. The molecule has 0 unspecified atom stereocenters. The van der Waals surface area contributed by atoms with Crippen molar-refractivity contribution in [1.82, 2.24) is 16.1 Å². The first-order valence-electron chi connectivity index (χ1n) is 13.4. The van der Waals surface area contributed by atoms with Gasteiger partial charge in [0.2, 0.25) is 0 Å². The fourth-order valence-corrected chi connectivity index (χ4v) is 4.88. The number of amides is 1. The second-order valence-corrected chi connectivity index (χ2v) is 10.6. The van der Waals surface area contributed by atoms with Crippen LogP contribution in [0.1, 0.15) is 36.6 Å². The Kier molecular flexibility index (Phi) is 11.4. The van der Waals surface area contributed by atoms with Gasteiger partial charge in [-0.05, 0) is 73.6 Å². The molecule has 0 fully saturated rings. The maximum atomic E-state index is 12.7. The lowest BCUT2D eigenvalue weighted by molar-refractivity contribution is -0.139. The monoisotopic (exact) mass is 656 g/mol. The third-order valence-corrected chi connectivity index (χ3v) is 7.28. The molecule has 3 N–H and O–H groups in total. The van der Waals surface area contributed by atoms with Crippen molar-refractivity contribution in [1.29, 1.82) is 0 Å². The summed E-state index contributed by atoms with van der Waals surface area (Å²) in [7, 11) is 1.53. The first-order valence-corrected chi connectivity index (χ1v) is 14.6. The van der Waals surface area contributed by atoms with Gasteiger partial charge in [-0.3, -0.25) is 4.79 Å².